The Balaban J connectivity index is 1.83. The van der Waals surface area contributed by atoms with Crippen molar-refractivity contribution in [1.82, 2.24) is 15.1 Å². The number of para-hydroxylation sites is 1. The van der Waals surface area contributed by atoms with Gasteiger partial charge in [-0.1, -0.05) is 48.5 Å². The fraction of sp³-hybridized carbons (Fsp3) is 0.190. The molecule has 7 heteroatoms. The van der Waals surface area contributed by atoms with E-state index >= 15 is 0 Å². The lowest BCUT2D eigenvalue weighted by atomic mass is 10.1. The summed E-state index contributed by atoms with van der Waals surface area (Å²) in [6.07, 6.45) is 1.93. The fourth-order valence-electron chi connectivity index (χ4n) is 2.79. The van der Waals surface area contributed by atoms with Crippen molar-refractivity contribution in [1.29, 1.82) is 0 Å². The number of hydrogen-bond acceptors (Lipinski definition) is 5. The van der Waals surface area contributed by atoms with Gasteiger partial charge in [-0.25, -0.2) is 9.48 Å². The van der Waals surface area contributed by atoms with Crippen molar-refractivity contribution in [3.63, 3.8) is 0 Å². The van der Waals surface area contributed by atoms with E-state index in [9.17, 15) is 9.59 Å². The Labute approximate surface area is 162 Å². The number of benzene rings is 2. The Morgan fingerprint density at radius 3 is 2.29 bits per heavy atom. The van der Waals surface area contributed by atoms with Crippen LogP contribution in [0.5, 0.6) is 5.75 Å². The van der Waals surface area contributed by atoms with Crippen LogP contribution in [0, 0.1) is 0 Å². The highest BCUT2D eigenvalue weighted by atomic mass is 16.5. The van der Waals surface area contributed by atoms with Gasteiger partial charge in [-0.3, -0.25) is 4.79 Å². The largest absolute Gasteiger partial charge is 0.493 e. The third kappa shape index (κ3) is 4.37. The quantitative estimate of drug-likeness (QED) is 0.638. The molecule has 3 rings (SSSR count). The van der Waals surface area contributed by atoms with Crippen LogP contribution in [0.25, 0.3) is 5.69 Å². The van der Waals surface area contributed by atoms with Gasteiger partial charge in [0.2, 0.25) is 0 Å². The van der Waals surface area contributed by atoms with E-state index in [2.05, 4.69) is 10.4 Å². The molecule has 0 spiro atoms. The van der Waals surface area contributed by atoms with Gasteiger partial charge >= 0.3 is 5.97 Å². The van der Waals surface area contributed by atoms with Crippen molar-refractivity contribution in [3.8, 4) is 11.4 Å². The first kappa shape index (κ1) is 19.2. The van der Waals surface area contributed by atoms with Crippen molar-refractivity contribution < 1.29 is 19.1 Å². The number of aromatic nitrogens is 2. The van der Waals surface area contributed by atoms with Gasteiger partial charge in [0.15, 0.2) is 11.4 Å². The van der Waals surface area contributed by atoms with Crippen LogP contribution in [-0.4, -0.2) is 41.9 Å². The maximum Gasteiger partial charge on any atom is 0.328 e. The molecule has 0 fully saturated rings. The Morgan fingerprint density at radius 1 is 1.04 bits per heavy atom. The monoisotopic (exact) mass is 379 g/mol. The normalized spacial score (nSPS) is 11.5. The van der Waals surface area contributed by atoms with Crippen molar-refractivity contribution >= 4 is 11.9 Å². The van der Waals surface area contributed by atoms with Gasteiger partial charge in [-0.2, -0.15) is 5.10 Å². The molecule has 144 valence electrons. The molecule has 0 saturated carbocycles. The molecule has 0 unspecified atom stereocenters. The summed E-state index contributed by atoms with van der Waals surface area (Å²) in [5.41, 5.74) is 1.78. The van der Waals surface area contributed by atoms with Gasteiger partial charge in [0.1, 0.15) is 6.04 Å². The van der Waals surface area contributed by atoms with E-state index in [4.69, 9.17) is 9.47 Å². The van der Waals surface area contributed by atoms with Crippen LogP contribution in [0.4, 0.5) is 0 Å². The number of nitrogens with zero attached hydrogens (tertiary/aromatic N) is 2. The van der Waals surface area contributed by atoms with Crippen molar-refractivity contribution in [3.05, 3.63) is 78.1 Å². The van der Waals surface area contributed by atoms with Gasteiger partial charge < -0.3 is 14.8 Å². The van der Waals surface area contributed by atoms with E-state index in [1.165, 1.54) is 14.2 Å². The van der Waals surface area contributed by atoms with E-state index in [0.717, 1.165) is 11.3 Å². The number of rotatable bonds is 7. The zero-order chi connectivity index (χ0) is 19.9. The highest BCUT2D eigenvalue weighted by molar-refractivity contribution is 5.97. The first-order chi connectivity index (χ1) is 13.6. The summed E-state index contributed by atoms with van der Waals surface area (Å²) in [5.74, 6) is -0.735. The predicted octanol–water partition coefficient (Wildman–Crippen LogP) is 2.40. The molecule has 0 aliphatic heterocycles. The third-order valence-corrected chi connectivity index (χ3v) is 4.21. The first-order valence-electron chi connectivity index (χ1n) is 8.74. The summed E-state index contributed by atoms with van der Waals surface area (Å²) in [7, 11) is 2.75. The third-order valence-electron chi connectivity index (χ3n) is 4.21. The highest BCUT2D eigenvalue weighted by Gasteiger charge is 2.26. The van der Waals surface area contributed by atoms with Crippen LogP contribution in [0.15, 0.2) is 66.9 Å². The number of amides is 1. The number of hydrogen-bond donors (Lipinski definition) is 1. The second kappa shape index (κ2) is 8.85. The molecular formula is C21H21N3O4. The summed E-state index contributed by atoms with van der Waals surface area (Å²) in [4.78, 5) is 25.0. The Hall–Kier alpha value is -3.61. The van der Waals surface area contributed by atoms with E-state index in [-0.39, 0.29) is 5.69 Å². The number of methoxy groups -OCH3 is 2. The van der Waals surface area contributed by atoms with Crippen LogP contribution in [0.2, 0.25) is 0 Å². The number of ether oxygens (including phenoxy) is 2. The molecule has 0 radical (unpaired) electrons. The molecule has 1 N–H and O–H groups in total. The smallest absolute Gasteiger partial charge is 0.328 e. The van der Waals surface area contributed by atoms with Gasteiger partial charge in [-0.15, -0.1) is 0 Å². The summed E-state index contributed by atoms with van der Waals surface area (Å²) >= 11 is 0. The average molecular weight is 379 g/mol. The zero-order valence-corrected chi connectivity index (χ0v) is 15.7. The second-order valence-corrected chi connectivity index (χ2v) is 6.07. The minimum Gasteiger partial charge on any atom is -0.493 e. The highest BCUT2D eigenvalue weighted by Crippen LogP contribution is 2.19. The Morgan fingerprint density at radius 2 is 1.68 bits per heavy atom. The molecule has 1 amide bonds. The number of carbonyl (C=O) groups excluding carboxylic acids is 2. The molecule has 0 saturated heterocycles. The van der Waals surface area contributed by atoms with Gasteiger partial charge in [0.25, 0.3) is 5.91 Å². The van der Waals surface area contributed by atoms with Crippen LogP contribution < -0.4 is 10.1 Å². The Kier molecular flexibility index (Phi) is 6.06. The molecule has 1 aromatic heterocycles. The second-order valence-electron chi connectivity index (χ2n) is 6.07. The number of esters is 1. The Bertz CT molecular complexity index is 939. The molecule has 28 heavy (non-hydrogen) atoms. The summed E-state index contributed by atoms with van der Waals surface area (Å²) < 4.78 is 11.7. The molecular weight excluding hydrogens is 358 g/mol. The maximum atomic E-state index is 12.8. The molecule has 0 bridgehead atoms. The first-order valence-corrected chi connectivity index (χ1v) is 8.74. The zero-order valence-electron chi connectivity index (χ0n) is 15.7. The standard InChI is InChI=1S/C21H21N3O4/c1-27-18-14-24(16-11-7-4-8-12-16)23-19(18)20(25)22-17(21(26)28-2)13-15-9-5-3-6-10-15/h3-12,14,17H,13H2,1-2H3,(H,22,25)/t17-/m1/s1. The minimum absolute atomic E-state index is 0.0910. The topological polar surface area (TPSA) is 82.5 Å². The minimum atomic E-state index is -0.841. The molecule has 2 aromatic carbocycles. The molecule has 3 aromatic rings. The SMILES string of the molecule is COC(=O)[C@@H](Cc1ccccc1)NC(=O)c1nn(-c2ccccc2)cc1OC. The van der Waals surface area contributed by atoms with E-state index in [1.807, 2.05) is 60.7 Å². The summed E-state index contributed by atoms with van der Waals surface area (Å²) in [5, 5.41) is 7.03. The van der Waals surface area contributed by atoms with Crippen molar-refractivity contribution in [2.24, 2.45) is 0 Å². The maximum absolute atomic E-state index is 12.8. The predicted molar refractivity (Wildman–Crippen MR) is 104 cm³/mol. The van der Waals surface area contributed by atoms with Crippen molar-refractivity contribution in [2.45, 2.75) is 12.5 Å². The molecule has 7 nitrogen and oxygen atoms in total. The van der Waals surface area contributed by atoms with E-state index in [0.29, 0.717) is 12.2 Å². The molecule has 1 atom stereocenters. The van der Waals surface area contributed by atoms with Gasteiger partial charge in [0, 0.05) is 6.42 Å². The fourth-order valence-corrected chi connectivity index (χ4v) is 2.79. The lowest BCUT2D eigenvalue weighted by molar-refractivity contribution is -0.142. The number of nitrogens with one attached hydrogen (secondary N) is 1. The van der Waals surface area contributed by atoms with Crippen LogP contribution in [0.3, 0.4) is 0 Å². The summed E-state index contributed by atoms with van der Waals surface area (Å²) in [6.45, 7) is 0. The lowest BCUT2D eigenvalue weighted by Crippen LogP contribution is -2.43. The van der Waals surface area contributed by atoms with Gasteiger partial charge in [0.05, 0.1) is 26.1 Å². The van der Waals surface area contributed by atoms with E-state index < -0.39 is 17.9 Å². The van der Waals surface area contributed by atoms with Crippen LogP contribution in [0.1, 0.15) is 16.1 Å². The molecule has 0 aliphatic carbocycles. The number of carbonyl (C=O) groups is 2. The summed E-state index contributed by atoms with van der Waals surface area (Å²) in [6, 6.07) is 17.9. The van der Waals surface area contributed by atoms with E-state index in [1.54, 1.807) is 10.9 Å². The van der Waals surface area contributed by atoms with Crippen LogP contribution >= 0.6 is 0 Å². The average Bonchev–Trinajstić information content (AvgIpc) is 3.19. The van der Waals surface area contributed by atoms with Crippen molar-refractivity contribution in [2.75, 3.05) is 14.2 Å². The molecule has 1 heterocycles. The van der Waals surface area contributed by atoms with Crippen LogP contribution in [-0.2, 0) is 16.0 Å². The lowest BCUT2D eigenvalue weighted by Gasteiger charge is -2.16. The molecule has 0 aliphatic rings. The van der Waals surface area contributed by atoms with Gasteiger partial charge in [-0.05, 0) is 17.7 Å².